The van der Waals surface area contributed by atoms with Crippen LogP contribution >= 0.6 is 0 Å². The minimum absolute atomic E-state index is 0.0564. The highest BCUT2D eigenvalue weighted by atomic mass is 16.5. The Morgan fingerprint density at radius 1 is 1.19 bits per heavy atom. The van der Waals surface area contributed by atoms with Gasteiger partial charge in [-0.25, -0.2) is 0 Å². The van der Waals surface area contributed by atoms with Gasteiger partial charge in [-0.2, -0.15) is 0 Å². The Balaban J connectivity index is 2.53. The minimum atomic E-state index is -0.0920. The molecule has 0 spiro atoms. The molecule has 0 aliphatic carbocycles. The second kappa shape index (κ2) is 9.23. The summed E-state index contributed by atoms with van der Waals surface area (Å²) in [6, 6.07) is 5.72. The lowest BCUT2D eigenvalue weighted by Crippen LogP contribution is -2.31. The normalized spacial score (nSPS) is 11.8. The quantitative estimate of drug-likeness (QED) is 0.708. The van der Waals surface area contributed by atoms with Gasteiger partial charge in [0, 0.05) is 26.2 Å². The maximum absolute atomic E-state index is 12.0. The molecule has 21 heavy (non-hydrogen) atoms. The molecular formula is C16H25NO4. The average molecular weight is 295 g/mol. The van der Waals surface area contributed by atoms with Crippen molar-refractivity contribution < 1.29 is 19.0 Å². The monoisotopic (exact) mass is 295 g/mol. The molecule has 1 aromatic rings. The van der Waals surface area contributed by atoms with Gasteiger partial charge in [-0.05, 0) is 30.5 Å². The van der Waals surface area contributed by atoms with E-state index in [1.807, 2.05) is 25.1 Å². The first-order chi connectivity index (χ1) is 10.1. The third-order valence-electron chi connectivity index (χ3n) is 3.26. The lowest BCUT2D eigenvalue weighted by atomic mass is 10.00. The Hall–Kier alpha value is -1.75. The van der Waals surface area contributed by atoms with Crippen molar-refractivity contribution in [3.05, 3.63) is 23.8 Å². The molecule has 0 aromatic heterocycles. The minimum Gasteiger partial charge on any atom is -0.493 e. The van der Waals surface area contributed by atoms with Gasteiger partial charge in [0.25, 0.3) is 0 Å². The van der Waals surface area contributed by atoms with Crippen LogP contribution in [-0.2, 0) is 16.0 Å². The molecule has 1 amide bonds. The van der Waals surface area contributed by atoms with Crippen molar-refractivity contribution in [2.24, 2.45) is 5.92 Å². The number of rotatable bonds is 9. The Bertz CT molecular complexity index is 448. The van der Waals surface area contributed by atoms with Gasteiger partial charge >= 0.3 is 0 Å². The van der Waals surface area contributed by atoms with E-state index in [0.717, 1.165) is 12.0 Å². The highest BCUT2D eigenvalue weighted by Gasteiger charge is 2.14. The van der Waals surface area contributed by atoms with Gasteiger partial charge in [0.15, 0.2) is 11.5 Å². The highest BCUT2D eigenvalue weighted by molar-refractivity contribution is 5.78. The van der Waals surface area contributed by atoms with E-state index in [0.29, 0.717) is 31.1 Å². The summed E-state index contributed by atoms with van der Waals surface area (Å²) in [7, 11) is 4.86. The Labute approximate surface area is 126 Å². The van der Waals surface area contributed by atoms with Gasteiger partial charge in [0.05, 0.1) is 14.2 Å². The summed E-state index contributed by atoms with van der Waals surface area (Å²) in [5, 5.41) is 2.91. The smallest absolute Gasteiger partial charge is 0.223 e. The molecule has 118 valence electrons. The zero-order valence-electron chi connectivity index (χ0n) is 13.3. The van der Waals surface area contributed by atoms with Crippen LogP contribution in [0.1, 0.15) is 18.9 Å². The van der Waals surface area contributed by atoms with Crippen molar-refractivity contribution >= 4 is 5.91 Å². The summed E-state index contributed by atoms with van der Waals surface area (Å²) >= 11 is 0. The Kier molecular flexibility index (Phi) is 7.61. The summed E-state index contributed by atoms with van der Waals surface area (Å²) in [5.74, 6) is 1.34. The molecule has 5 nitrogen and oxygen atoms in total. The molecule has 5 heteroatoms. The van der Waals surface area contributed by atoms with Crippen molar-refractivity contribution in [3.63, 3.8) is 0 Å². The molecular weight excluding hydrogens is 270 g/mol. The molecule has 0 aliphatic rings. The van der Waals surface area contributed by atoms with Crippen molar-refractivity contribution in [1.82, 2.24) is 5.32 Å². The molecule has 1 atom stereocenters. The first kappa shape index (κ1) is 17.3. The topological polar surface area (TPSA) is 56.8 Å². The van der Waals surface area contributed by atoms with Crippen LogP contribution in [0.25, 0.3) is 0 Å². The summed E-state index contributed by atoms with van der Waals surface area (Å²) in [4.78, 5) is 12.0. The van der Waals surface area contributed by atoms with Crippen LogP contribution in [0.4, 0.5) is 0 Å². The van der Waals surface area contributed by atoms with Crippen molar-refractivity contribution in [3.8, 4) is 11.5 Å². The van der Waals surface area contributed by atoms with E-state index in [1.54, 1.807) is 21.3 Å². The predicted molar refractivity (Wildman–Crippen MR) is 81.9 cm³/mol. The number of hydrogen-bond acceptors (Lipinski definition) is 4. The second-order valence-corrected chi connectivity index (χ2v) is 4.93. The van der Waals surface area contributed by atoms with Crippen LogP contribution in [0.3, 0.4) is 0 Å². The molecule has 1 aromatic carbocycles. The molecule has 1 N–H and O–H groups in total. The van der Waals surface area contributed by atoms with E-state index in [1.165, 1.54) is 0 Å². The van der Waals surface area contributed by atoms with E-state index in [9.17, 15) is 4.79 Å². The molecule has 0 fully saturated rings. The standard InChI is InChI=1S/C16H25NO4/c1-12(16(18)17-8-5-9-19-2)10-13-6-7-14(20-3)15(11-13)21-4/h6-7,11-12H,5,8-10H2,1-4H3,(H,17,18). The first-order valence-corrected chi connectivity index (χ1v) is 7.10. The van der Waals surface area contributed by atoms with Gasteiger partial charge in [-0.1, -0.05) is 13.0 Å². The largest absolute Gasteiger partial charge is 0.493 e. The lowest BCUT2D eigenvalue weighted by molar-refractivity contribution is -0.124. The number of methoxy groups -OCH3 is 3. The molecule has 1 unspecified atom stereocenters. The van der Waals surface area contributed by atoms with E-state index in [2.05, 4.69) is 5.32 Å². The molecule has 0 radical (unpaired) electrons. The molecule has 0 bridgehead atoms. The molecule has 0 heterocycles. The second-order valence-electron chi connectivity index (χ2n) is 4.93. The fraction of sp³-hybridized carbons (Fsp3) is 0.562. The average Bonchev–Trinajstić information content (AvgIpc) is 2.51. The van der Waals surface area contributed by atoms with Crippen LogP contribution in [-0.4, -0.2) is 40.4 Å². The van der Waals surface area contributed by atoms with Crippen molar-refractivity contribution in [1.29, 1.82) is 0 Å². The molecule has 0 aliphatic heterocycles. The molecule has 0 saturated carbocycles. The number of hydrogen-bond donors (Lipinski definition) is 1. The number of benzene rings is 1. The third kappa shape index (κ3) is 5.63. The summed E-state index contributed by atoms with van der Waals surface area (Å²) < 4.78 is 15.4. The summed E-state index contributed by atoms with van der Waals surface area (Å²) in [5.41, 5.74) is 1.05. The SMILES string of the molecule is COCCCNC(=O)C(C)Cc1ccc(OC)c(OC)c1. The van der Waals surface area contributed by atoms with E-state index >= 15 is 0 Å². The lowest BCUT2D eigenvalue weighted by Gasteiger charge is -2.14. The number of amides is 1. The summed E-state index contributed by atoms with van der Waals surface area (Å²) in [6.45, 7) is 3.22. The first-order valence-electron chi connectivity index (χ1n) is 7.10. The fourth-order valence-electron chi connectivity index (χ4n) is 2.06. The zero-order chi connectivity index (χ0) is 15.7. The van der Waals surface area contributed by atoms with Crippen LogP contribution in [0.15, 0.2) is 18.2 Å². The zero-order valence-corrected chi connectivity index (χ0v) is 13.3. The number of nitrogens with one attached hydrogen (secondary N) is 1. The predicted octanol–water partition coefficient (Wildman–Crippen LogP) is 2.04. The Morgan fingerprint density at radius 2 is 1.90 bits per heavy atom. The van der Waals surface area contributed by atoms with Gasteiger partial charge in [0.1, 0.15) is 0 Å². The van der Waals surface area contributed by atoms with Gasteiger partial charge in [-0.15, -0.1) is 0 Å². The maximum atomic E-state index is 12.0. The van der Waals surface area contributed by atoms with Gasteiger partial charge < -0.3 is 19.5 Å². The van der Waals surface area contributed by atoms with E-state index in [4.69, 9.17) is 14.2 Å². The molecule has 0 saturated heterocycles. The van der Waals surface area contributed by atoms with E-state index < -0.39 is 0 Å². The third-order valence-corrected chi connectivity index (χ3v) is 3.26. The van der Waals surface area contributed by atoms with Gasteiger partial charge in [0.2, 0.25) is 5.91 Å². The van der Waals surface area contributed by atoms with E-state index in [-0.39, 0.29) is 11.8 Å². The highest BCUT2D eigenvalue weighted by Crippen LogP contribution is 2.28. The fourth-order valence-corrected chi connectivity index (χ4v) is 2.06. The number of ether oxygens (including phenoxy) is 3. The van der Waals surface area contributed by atoms with Gasteiger partial charge in [-0.3, -0.25) is 4.79 Å². The molecule has 1 rings (SSSR count). The number of carbonyl (C=O) groups is 1. The van der Waals surface area contributed by atoms with Crippen molar-refractivity contribution in [2.45, 2.75) is 19.8 Å². The summed E-state index contributed by atoms with van der Waals surface area (Å²) in [6.07, 6.45) is 1.49. The van der Waals surface area contributed by atoms with Crippen LogP contribution < -0.4 is 14.8 Å². The van der Waals surface area contributed by atoms with Crippen LogP contribution in [0.5, 0.6) is 11.5 Å². The number of carbonyl (C=O) groups excluding carboxylic acids is 1. The van der Waals surface area contributed by atoms with Crippen LogP contribution in [0, 0.1) is 5.92 Å². The maximum Gasteiger partial charge on any atom is 0.223 e. The van der Waals surface area contributed by atoms with Crippen LogP contribution in [0.2, 0.25) is 0 Å². The van der Waals surface area contributed by atoms with Crippen molar-refractivity contribution in [2.75, 3.05) is 34.5 Å². The Morgan fingerprint density at radius 3 is 2.52 bits per heavy atom.